The molecular weight excluding hydrogens is 176 g/mol. The summed E-state index contributed by atoms with van der Waals surface area (Å²) in [6.45, 7) is 3.21. The molecule has 3 rings (SSSR count). The van der Waals surface area contributed by atoms with Gasteiger partial charge >= 0.3 is 0 Å². The molecule has 78 valence electrons. The van der Waals surface area contributed by atoms with Gasteiger partial charge in [0.25, 0.3) is 0 Å². The van der Waals surface area contributed by atoms with E-state index in [0.717, 1.165) is 32.1 Å². The molecule has 0 bridgehead atoms. The van der Waals surface area contributed by atoms with Crippen molar-refractivity contribution in [2.75, 3.05) is 19.6 Å². The number of hydrogen-bond acceptors (Lipinski definition) is 2. The van der Waals surface area contributed by atoms with Crippen LogP contribution in [0.3, 0.4) is 0 Å². The molecule has 3 heteroatoms. The van der Waals surface area contributed by atoms with Gasteiger partial charge in [-0.05, 0) is 25.7 Å². The molecule has 0 radical (unpaired) electrons. The van der Waals surface area contributed by atoms with Gasteiger partial charge in [0.05, 0.1) is 5.54 Å². The van der Waals surface area contributed by atoms with Crippen LogP contribution in [0.5, 0.6) is 0 Å². The molecule has 2 aliphatic carbocycles. The minimum atomic E-state index is 0.273. The lowest BCUT2D eigenvalue weighted by Gasteiger charge is -2.46. The van der Waals surface area contributed by atoms with Gasteiger partial charge in [0.2, 0.25) is 6.41 Å². The first-order valence-electron chi connectivity index (χ1n) is 5.80. The number of hydrogen-bond donors (Lipinski definition) is 0. The maximum absolute atomic E-state index is 10.9. The SMILES string of the molecule is O=CN1CCN(C2CCC2)CC12CC2. The van der Waals surface area contributed by atoms with Gasteiger partial charge in [0.1, 0.15) is 0 Å². The molecule has 1 heterocycles. The molecular formula is C11H18N2O. The quantitative estimate of drug-likeness (QED) is 0.608. The summed E-state index contributed by atoms with van der Waals surface area (Å²) in [5.41, 5.74) is 0.273. The highest BCUT2D eigenvalue weighted by Crippen LogP contribution is 2.44. The maximum Gasteiger partial charge on any atom is 0.210 e. The largest absolute Gasteiger partial charge is 0.337 e. The van der Waals surface area contributed by atoms with Crippen molar-refractivity contribution in [3.63, 3.8) is 0 Å². The van der Waals surface area contributed by atoms with Crippen molar-refractivity contribution in [3.05, 3.63) is 0 Å². The van der Waals surface area contributed by atoms with E-state index in [9.17, 15) is 4.79 Å². The van der Waals surface area contributed by atoms with Crippen LogP contribution in [0.15, 0.2) is 0 Å². The second-order valence-corrected chi connectivity index (χ2v) is 5.08. The zero-order valence-corrected chi connectivity index (χ0v) is 8.61. The summed E-state index contributed by atoms with van der Waals surface area (Å²) < 4.78 is 0. The van der Waals surface area contributed by atoms with Crippen LogP contribution < -0.4 is 0 Å². The van der Waals surface area contributed by atoms with Gasteiger partial charge in [0.15, 0.2) is 0 Å². The fraction of sp³-hybridized carbons (Fsp3) is 0.909. The first kappa shape index (κ1) is 8.72. The van der Waals surface area contributed by atoms with E-state index < -0.39 is 0 Å². The Labute approximate surface area is 85.1 Å². The zero-order valence-electron chi connectivity index (χ0n) is 8.61. The van der Waals surface area contributed by atoms with Crippen LogP contribution in [0.25, 0.3) is 0 Å². The van der Waals surface area contributed by atoms with E-state index in [2.05, 4.69) is 4.90 Å². The van der Waals surface area contributed by atoms with Gasteiger partial charge < -0.3 is 4.90 Å². The Balaban J connectivity index is 1.67. The lowest BCUT2D eigenvalue weighted by Crippen LogP contribution is -2.58. The molecule has 0 aromatic carbocycles. The number of carbonyl (C=O) groups is 1. The minimum Gasteiger partial charge on any atom is -0.337 e. The van der Waals surface area contributed by atoms with E-state index in [4.69, 9.17) is 0 Å². The highest BCUT2D eigenvalue weighted by molar-refractivity contribution is 5.51. The van der Waals surface area contributed by atoms with Crippen molar-refractivity contribution in [1.82, 2.24) is 9.80 Å². The Bertz CT molecular complexity index is 246. The van der Waals surface area contributed by atoms with E-state index in [1.807, 2.05) is 4.90 Å². The van der Waals surface area contributed by atoms with E-state index in [1.165, 1.54) is 32.1 Å². The van der Waals surface area contributed by atoms with Crippen LogP contribution in [-0.2, 0) is 4.79 Å². The third kappa shape index (κ3) is 1.18. The van der Waals surface area contributed by atoms with Gasteiger partial charge in [-0.25, -0.2) is 0 Å². The zero-order chi connectivity index (χ0) is 9.60. The molecule has 3 aliphatic rings. The number of piperazine rings is 1. The van der Waals surface area contributed by atoms with Crippen molar-refractivity contribution in [2.24, 2.45) is 0 Å². The smallest absolute Gasteiger partial charge is 0.210 e. The number of nitrogens with zero attached hydrogens (tertiary/aromatic N) is 2. The van der Waals surface area contributed by atoms with Crippen molar-refractivity contribution in [3.8, 4) is 0 Å². The average Bonchev–Trinajstić information content (AvgIpc) is 2.83. The predicted octanol–water partition coefficient (Wildman–Crippen LogP) is 0.845. The molecule has 1 saturated heterocycles. The molecule has 1 amide bonds. The summed E-state index contributed by atoms with van der Waals surface area (Å²) in [6, 6.07) is 0.848. The van der Waals surface area contributed by atoms with Gasteiger partial charge in [0, 0.05) is 25.7 Å². The monoisotopic (exact) mass is 194 g/mol. The second-order valence-electron chi connectivity index (χ2n) is 5.08. The summed E-state index contributed by atoms with van der Waals surface area (Å²) in [6.07, 6.45) is 7.70. The topological polar surface area (TPSA) is 23.6 Å². The van der Waals surface area contributed by atoms with Crippen LogP contribution in [0.2, 0.25) is 0 Å². The van der Waals surface area contributed by atoms with E-state index in [1.54, 1.807) is 0 Å². The van der Waals surface area contributed by atoms with Crippen LogP contribution in [0, 0.1) is 0 Å². The molecule has 0 aromatic heterocycles. The third-order valence-electron chi connectivity index (χ3n) is 4.28. The summed E-state index contributed by atoms with van der Waals surface area (Å²) in [7, 11) is 0. The second kappa shape index (κ2) is 2.96. The van der Waals surface area contributed by atoms with Gasteiger partial charge in [-0.1, -0.05) is 6.42 Å². The Morgan fingerprint density at radius 3 is 2.50 bits per heavy atom. The van der Waals surface area contributed by atoms with Gasteiger partial charge in [-0.2, -0.15) is 0 Å². The van der Waals surface area contributed by atoms with Gasteiger partial charge in [-0.15, -0.1) is 0 Å². The standard InChI is InChI=1S/C11H18N2O/c14-9-13-7-6-12(10-2-1-3-10)8-11(13)4-5-11/h9-10H,1-8H2. The third-order valence-corrected chi connectivity index (χ3v) is 4.28. The molecule has 0 unspecified atom stereocenters. The summed E-state index contributed by atoms with van der Waals surface area (Å²) >= 11 is 0. The van der Waals surface area contributed by atoms with Crippen LogP contribution >= 0.6 is 0 Å². The minimum absolute atomic E-state index is 0.273. The molecule has 0 atom stereocenters. The van der Waals surface area contributed by atoms with Crippen molar-refractivity contribution in [2.45, 2.75) is 43.7 Å². The summed E-state index contributed by atoms with van der Waals surface area (Å²) in [4.78, 5) is 15.5. The highest BCUT2D eigenvalue weighted by atomic mass is 16.1. The Morgan fingerprint density at radius 2 is 2.00 bits per heavy atom. The van der Waals surface area contributed by atoms with Gasteiger partial charge in [-0.3, -0.25) is 9.69 Å². The van der Waals surface area contributed by atoms with Crippen molar-refractivity contribution in [1.29, 1.82) is 0 Å². The molecule has 2 saturated carbocycles. The summed E-state index contributed by atoms with van der Waals surface area (Å²) in [5.74, 6) is 0. The average molecular weight is 194 g/mol. The maximum atomic E-state index is 10.9. The Kier molecular flexibility index (Phi) is 1.84. The molecule has 0 aromatic rings. The molecule has 0 N–H and O–H groups in total. The first-order chi connectivity index (χ1) is 6.84. The van der Waals surface area contributed by atoms with Crippen LogP contribution in [-0.4, -0.2) is 47.4 Å². The Morgan fingerprint density at radius 1 is 1.21 bits per heavy atom. The summed E-state index contributed by atoms with van der Waals surface area (Å²) in [5, 5.41) is 0. The molecule has 3 nitrogen and oxygen atoms in total. The lowest BCUT2D eigenvalue weighted by atomic mass is 9.90. The number of rotatable bonds is 2. The lowest BCUT2D eigenvalue weighted by molar-refractivity contribution is -0.124. The predicted molar refractivity (Wildman–Crippen MR) is 53.9 cm³/mol. The fourth-order valence-electron chi connectivity index (χ4n) is 2.84. The van der Waals surface area contributed by atoms with E-state index in [0.29, 0.717) is 0 Å². The molecule has 1 aliphatic heterocycles. The number of carbonyl (C=O) groups excluding carboxylic acids is 1. The highest BCUT2D eigenvalue weighted by Gasteiger charge is 2.51. The number of amides is 1. The normalized spacial score (nSPS) is 31.6. The van der Waals surface area contributed by atoms with Crippen molar-refractivity contribution >= 4 is 6.41 Å². The first-order valence-corrected chi connectivity index (χ1v) is 5.80. The van der Waals surface area contributed by atoms with E-state index in [-0.39, 0.29) is 5.54 Å². The van der Waals surface area contributed by atoms with Crippen molar-refractivity contribution < 1.29 is 4.79 Å². The Hall–Kier alpha value is -0.570. The van der Waals surface area contributed by atoms with Crippen LogP contribution in [0.1, 0.15) is 32.1 Å². The van der Waals surface area contributed by atoms with Crippen LogP contribution in [0.4, 0.5) is 0 Å². The fourth-order valence-corrected chi connectivity index (χ4v) is 2.84. The molecule has 14 heavy (non-hydrogen) atoms. The molecule has 1 spiro atoms. The molecule has 3 fully saturated rings. The van der Waals surface area contributed by atoms with E-state index >= 15 is 0 Å².